The number of amides is 2. The van der Waals surface area contributed by atoms with Gasteiger partial charge in [-0.3, -0.25) is 0 Å². The molecule has 1 heterocycles. The fourth-order valence-electron chi connectivity index (χ4n) is 5.60. The van der Waals surface area contributed by atoms with Crippen LogP contribution in [0.2, 0.25) is 0 Å². The second-order valence-electron chi connectivity index (χ2n) is 11.0. The van der Waals surface area contributed by atoms with Crippen LogP contribution in [-0.2, 0) is 28.8 Å². The van der Waals surface area contributed by atoms with E-state index in [1.165, 1.54) is 11.1 Å². The molecule has 1 aliphatic heterocycles. The van der Waals surface area contributed by atoms with Crippen LogP contribution < -0.4 is 5.32 Å². The van der Waals surface area contributed by atoms with E-state index in [9.17, 15) is 14.7 Å². The van der Waals surface area contributed by atoms with Crippen molar-refractivity contribution in [3.05, 3.63) is 108 Å². The monoisotopic (exact) mass is 556 g/mol. The first kappa shape index (κ1) is 30.3. The van der Waals surface area contributed by atoms with Gasteiger partial charge in [0, 0.05) is 6.54 Å². The molecular weight excluding hydrogens is 512 g/mol. The van der Waals surface area contributed by atoms with E-state index in [-0.39, 0.29) is 24.7 Å². The van der Waals surface area contributed by atoms with E-state index in [1.807, 2.05) is 42.5 Å². The van der Waals surface area contributed by atoms with Crippen molar-refractivity contribution in [3.63, 3.8) is 0 Å². The summed E-state index contributed by atoms with van der Waals surface area (Å²) in [5.74, 6) is -0.312. The van der Waals surface area contributed by atoms with E-state index >= 15 is 0 Å². The van der Waals surface area contributed by atoms with Crippen molar-refractivity contribution in [2.45, 2.75) is 82.4 Å². The standard InChI is InChI=1S/C35H44N2O4/c38-27-31(26-30-18-8-3-9-19-30)36-35(40)37-25-11-10-24-33(37)34(39)41-32(22-12-20-28-14-4-1-5-15-28)23-13-21-29-16-6-2-7-17-29/h1-9,14-19,31-33,38H,10-13,20-27H2,(H,36,40)/t31-,33+/m1/s1. The molecule has 1 aliphatic rings. The minimum atomic E-state index is -0.606. The molecule has 0 spiro atoms. The highest BCUT2D eigenvalue weighted by atomic mass is 16.5. The largest absolute Gasteiger partial charge is 0.461 e. The number of aliphatic hydroxyl groups is 1. The number of benzene rings is 3. The van der Waals surface area contributed by atoms with Gasteiger partial charge in [0.15, 0.2) is 0 Å². The molecule has 3 aromatic rings. The average molecular weight is 557 g/mol. The lowest BCUT2D eigenvalue weighted by atomic mass is 10.00. The maximum absolute atomic E-state index is 13.5. The first-order chi connectivity index (χ1) is 20.1. The van der Waals surface area contributed by atoms with E-state index < -0.39 is 12.1 Å². The lowest BCUT2D eigenvalue weighted by Gasteiger charge is -2.36. The fourth-order valence-corrected chi connectivity index (χ4v) is 5.60. The zero-order chi connectivity index (χ0) is 28.7. The molecule has 6 heteroatoms. The van der Waals surface area contributed by atoms with Crippen molar-refractivity contribution in [3.8, 4) is 0 Å². The van der Waals surface area contributed by atoms with Crippen molar-refractivity contribution in [2.75, 3.05) is 13.2 Å². The second-order valence-corrected chi connectivity index (χ2v) is 11.0. The molecule has 1 fully saturated rings. The SMILES string of the molecule is O=C(OC(CCCc1ccccc1)CCCc1ccccc1)[C@@H]1CCCCN1C(=O)N[C@@H](CO)Cc1ccccc1. The van der Waals surface area contributed by atoms with Crippen LogP contribution in [0, 0.1) is 0 Å². The Labute approximate surface area is 244 Å². The van der Waals surface area contributed by atoms with Crippen molar-refractivity contribution in [1.29, 1.82) is 0 Å². The molecule has 0 aromatic heterocycles. The number of nitrogens with zero attached hydrogens (tertiary/aromatic N) is 1. The third-order valence-electron chi connectivity index (χ3n) is 7.86. The molecule has 218 valence electrons. The predicted molar refractivity (Wildman–Crippen MR) is 163 cm³/mol. The van der Waals surface area contributed by atoms with Crippen LogP contribution in [0.4, 0.5) is 4.79 Å². The predicted octanol–water partition coefficient (Wildman–Crippen LogP) is 6.11. The molecule has 6 nitrogen and oxygen atoms in total. The molecule has 2 atom stereocenters. The third kappa shape index (κ3) is 10.0. The highest BCUT2D eigenvalue weighted by Crippen LogP contribution is 2.22. The summed E-state index contributed by atoms with van der Waals surface area (Å²) in [6.07, 6.45) is 7.97. The summed E-state index contributed by atoms with van der Waals surface area (Å²) in [5.41, 5.74) is 3.60. The summed E-state index contributed by atoms with van der Waals surface area (Å²) in [5, 5.41) is 12.9. The number of urea groups is 1. The van der Waals surface area contributed by atoms with E-state index in [0.717, 1.165) is 56.9 Å². The van der Waals surface area contributed by atoms with Gasteiger partial charge in [0.25, 0.3) is 0 Å². The van der Waals surface area contributed by atoms with Crippen LogP contribution in [0.5, 0.6) is 0 Å². The minimum absolute atomic E-state index is 0.172. The van der Waals surface area contributed by atoms with Crippen LogP contribution in [0.1, 0.15) is 61.6 Å². The lowest BCUT2D eigenvalue weighted by molar-refractivity contribution is -0.156. The normalized spacial score (nSPS) is 15.9. The van der Waals surface area contributed by atoms with Gasteiger partial charge in [0.2, 0.25) is 0 Å². The van der Waals surface area contributed by atoms with Gasteiger partial charge in [0.1, 0.15) is 12.1 Å². The van der Waals surface area contributed by atoms with Gasteiger partial charge in [-0.05, 0) is 80.9 Å². The Hall–Kier alpha value is -3.64. The first-order valence-electron chi connectivity index (χ1n) is 15.1. The molecule has 3 aromatic carbocycles. The molecule has 41 heavy (non-hydrogen) atoms. The van der Waals surface area contributed by atoms with E-state index in [1.54, 1.807) is 4.90 Å². The van der Waals surface area contributed by atoms with Gasteiger partial charge in [-0.2, -0.15) is 0 Å². The molecule has 0 unspecified atom stereocenters. The second kappa shape index (κ2) is 16.6. The Morgan fingerprint density at radius 1 is 0.805 bits per heavy atom. The number of aryl methyl sites for hydroxylation is 2. The van der Waals surface area contributed by atoms with E-state index in [0.29, 0.717) is 19.4 Å². The number of piperidine rings is 1. The number of rotatable bonds is 14. The molecule has 0 radical (unpaired) electrons. The molecular formula is C35H44N2O4. The molecule has 0 bridgehead atoms. The van der Waals surface area contributed by atoms with E-state index in [2.05, 4.69) is 53.8 Å². The van der Waals surface area contributed by atoms with Crippen molar-refractivity contribution < 1.29 is 19.4 Å². The van der Waals surface area contributed by atoms with Gasteiger partial charge < -0.3 is 20.1 Å². The number of ether oxygens (including phenoxy) is 1. The van der Waals surface area contributed by atoms with Crippen molar-refractivity contribution >= 4 is 12.0 Å². The van der Waals surface area contributed by atoms with E-state index in [4.69, 9.17) is 4.74 Å². The number of nitrogens with one attached hydrogen (secondary N) is 1. The number of hydrogen-bond donors (Lipinski definition) is 2. The summed E-state index contributed by atoms with van der Waals surface area (Å²) in [6.45, 7) is 0.330. The molecule has 2 N–H and O–H groups in total. The lowest BCUT2D eigenvalue weighted by Crippen LogP contribution is -2.55. The van der Waals surface area contributed by atoms with Crippen LogP contribution in [-0.4, -0.2) is 53.3 Å². The summed E-state index contributed by atoms with van der Waals surface area (Å²) in [6, 6.07) is 29.2. The quantitative estimate of drug-likeness (QED) is 0.235. The third-order valence-corrected chi connectivity index (χ3v) is 7.86. The zero-order valence-corrected chi connectivity index (χ0v) is 24.0. The Morgan fingerprint density at radius 2 is 1.34 bits per heavy atom. The Bertz CT molecular complexity index is 1130. The number of carbonyl (C=O) groups is 2. The smallest absolute Gasteiger partial charge is 0.329 e. The minimum Gasteiger partial charge on any atom is -0.461 e. The molecule has 4 rings (SSSR count). The Kier molecular flexibility index (Phi) is 12.3. The maximum atomic E-state index is 13.5. The van der Waals surface area contributed by atoms with Crippen LogP contribution in [0.25, 0.3) is 0 Å². The molecule has 2 amide bonds. The van der Waals surface area contributed by atoms with Crippen LogP contribution in [0.15, 0.2) is 91.0 Å². The number of carbonyl (C=O) groups excluding carboxylic acids is 2. The van der Waals surface area contributed by atoms with Gasteiger partial charge in [-0.15, -0.1) is 0 Å². The number of aliphatic hydroxyl groups excluding tert-OH is 1. The molecule has 0 saturated carbocycles. The Balaban J connectivity index is 1.35. The van der Waals surface area contributed by atoms with Gasteiger partial charge in [-0.25, -0.2) is 9.59 Å². The maximum Gasteiger partial charge on any atom is 0.329 e. The topological polar surface area (TPSA) is 78.9 Å². The van der Waals surface area contributed by atoms with Gasteiger partial charge >= 0.3 is 12.0 Å². The summed E-state index contributed by atoms with van der Waals surface area (Å²) < 4.78 is 6.16. The van der Waals surface area contributed by atoms with Gasteiger partial charge in [0.05, 0.1) is 12.6 Å². The highest BCUT2D eigenvalue weighted by molar-refractivity contribution is 5.84. The van der Waals surface area contributed by atoms with Crippen molar-refractivity contribution in [2.24, 2.45) is 0 Å². The van der Waals surface area contributed by atoms with Gasteiger partial charge in [-0.1, -0.05) is 91.0 Å². The Morgan fingerprint density at radius 3 is 1.88 bits per heavy atom. The zero-order valence-electron chi connectivity index (χ0n) is 24.0. The van der Waals surface area contributed by atoms with Crippen LogP contribution in [0.3, 0.4) is 0 Å². The molecule has 0 aliphatic carbocycles. The molecule has 1 saturated heterocycles. The number of esters is 1. The average Bonchev–Trinajstić information content (AvgIpc) is 3.02. The summed E-state index contributed by atoms with van der Waals surface area (Å²) in [7, 11) is 0. The summed E-state index contributed by atoms with van der Waals surface area (Å²) >= 11 is 0. The van der Waals surface area contributed by atoms with Crippen molar-refractivity contribution in [1.82, 2.24) is 10.2 Å². The first-order valence-corrected chi connectivity index (χ1v) is 15.1. The number of hydrogen-bond acceptors (Lipinski definition) is 4. The summed E-state index contributed by atoms with van der Waals surface area (Å²) in [4.78, 5) is 28.5. The number of likely N-dealkylation sites (tertiary alicyclic amines) is 1. The highest BCUT2D eigenvalue weighted by Gasteiger charge is 2.35. The van der Waals surface area contributed by atoms with Crippen LogP contribution >= 0.6 is 0 Å². The fraction of sp³-hybridized carbons (Fsp3) is 0.429.